The van der Waals surface area contributed by atoms with Crippen molar-refractivity contribution in [1.82, 2.24) is 5.32 Å². The second-order valence-corrected chi connectivity index (χ2v) is 6.69. The molecule has 1 unspecified atom stereocenters. The lowest BCUT2D eigenvalue weighted by Gasteiger charge is -2.42. The van der Waals surface area contributed by atoms with Gasteiger partial charge in [0.1, 0.15) is 17.3 Å². The Hall–Kier alpha value is -2.60. The fourth-order valence-corrected chi connectivity index (χ4v) is 3.96. The summed E-state index contributed by atoms with van der Waals surface area (Å²) in [6.07, 6.45) is 7.73. The van der Waals surface area contributed by atoms with Gasteiger partial charge < -0.3 is 14.6 Å². The van der Waals surface area contributed by atoms with E-state index in [0.717, 1.165) is 35.5 Å². The second kappa shape index (κ2) is 6.61. The fraction of sp³-hybridized carbons (Fsp3) is 0.350. The number of benzene rings is 1. The first-order valence-corrected chi connectivity index (χ1v) is 8.68. The fourth-order valence-electron chi connectivity index (χ4n) is 3.96. The Morgan fingerprint density at radius 1 is 1.42 bits per heavy atom. The molecule has 5 nitrogen and oxygen atoms in total. The molecule has 0 amide bonds. The molecule has 0 bridgehead atoms. The summed E-state index contributed by atoms with van der Waals surface area (Å²) in [5.41, 5.74) is 1.47. The van der Waals surface area contributed by atoms with Gasteiger partial charge in [-0.1, -0.05) is 12.1 Å². The van der Waals surface area contributed by atoms with E-state index in [-0.39, 0.29) is 23.6 Å². The molecular formula is C20H20FNO4. The van der Waals surface area contributed by atoms with Crippen LogP contribution in [0.15, 0.2) is 53.5 Å². The van der Waals surface area contributed by atoms with Gasteiger partial charge in [-0.05, 0) is 42.7 Å². The monoisotopic (exact) mass is 357 g/mol. The summed E-state index contributed by atoms with van der Waals surface area (Å²) in [5.74, 6) is -0.209. The number of rotatable bonds is 3. The third-order valence-corrected chi connectivity index (χ3v) is 5.20. The highest BCUT2D eigenvalue weighted by atomic mass is 19.1. The number of aromatic carboxylic acids is 1. The first kappa shape index (κ1) is 16.8. The molecule has 0 radical (unpaired) electrons. The maximum absolute atomic E-state index is 14.2. The van der Waals surface area contributed by atoms with Gasteiger partial charge in [0.2, 0.25) is 0 Å². The van der Waals surface area contributed by atoms with E-state index in [1.807, 2.05) is 18.2 Å². The molecule has 3 atom stereocenters. The number of carboxylic acids is 1. The van der Waals surface area contributed by atoms with E-state index in [1.54, 1.807) is 13.2 Å². The van der Waals surface area contributed by atoms with Crippen LogP contribution in [0.1, 0.15) is 34.8 Å². The molecule has 2 N–H and O–H groups in total. The summed E-state index contributed by atoms with van der Waals surface area (Å²) >= 11 is 0. The number of methoxy groups -OCH3 is 1. The third-order valence-electron chi connectivity index (χ3n) is 5.20. The van der Waals surface area contributed by atoms with Crippen LogP contribution in [0.4, 0.5) is 4.39 Å². The van der Waals surface area contributed by atoms with Crippen LogP contribution in [-0.4, -0.2) is 30.8 Å². The van der Waals surface area contributed by atoms with Crippen molar-refractivity contribution in [2.75, 3.05) is 13.7 Å². The van der Waals surface area contributed by atoms with Crippen LogP contribution in [0.3, 0.4) is 0 Å². The first-order chi connectivity index (χ1) is 12.6. The molecule has 1 aromatic rings. The van der Waals surface area contributed by atoms with E-state index < -0.39 is 11.8 Å². The van der Waals surface area contributed by atoms with Crippen molar-refractivity contribution in [3.8, 4) is 0 Å². The van der Waals surface area contributed by atoms with Crippen LogP contribution in [-0.2, 0) is 9.47 Å². The quantitative estimate of drug-likeness (QED) is 0.869. The third kappa shape index (κ3) is 2.80. The largest absolute Gasteiger partial charge is 0.497 e. The average molecular weight is 357 g/mol. The van der Waals surface area contributed by atoms with Gasteiger partial charge in [-0.15, -0.1) is 0 Å². The van der Waals surface area contributed by atoms with E-state index in [9.17, 15) is 9.18 Å². The Labute approximate surface area is 150 Å². The van der Waals surface area contributed by atoms with Gasteiger partial charge in [0.15, 0.2) is 0 Å². The van der Waals surface area contributed by atoms with Crippen molar-refractivity contribution >= 4 is 5.97 Å². The van der Waals surface area contributed by atoms with E-state index in [4.69, 9.17) is 14.6 Å². The lowest BCUT2D eigenvalue weighted by molar-refractivity contribution is 0.0691. The molecule has 0 spiro atoms. The molecule has 1 aliphatic carbocycles. The summed E-state index contributed by atoms with van der Waals surface area (Å²) in [5, 5.41) is 12.6. The van der Waals surface area contributed by atoms with Gasteiger partial charge in [0, 0.05) is 17.5 Å². The van der Waals surface area contributed by atoms with Crippen molar-refractivity contribution < 1.29 is 23.8 Å². The van der Waals surface area contributed by atoms with Crippen LogP contribution in [0.2, 0.25) is 0 Å². The molecular weight excluding hydrogens is 337 g/mol. The number of nitrogens with one attached hydrogen (secondary N) is 1. The molecule has 2 heterocycles. The summed E-state index contributed by atoms with van der Waals surface area (Å²) in [6.45, 7) is 0.668. The van der Waals surface area contributed by atoms with Crippen molar-refractivity contribution in [2.45, 2.75) is 24.9 Å². The molecule has 1 fully saturated rings. The zero-order valence-electron chi connectivity index (χ0n) is 14.4. The van der Waals surface area contributed by atoms with Gasteiger partial charge in [-0.25, -0.2) is 9.18 Å². The summed E-state index contributed by atoms with van der Waals surface area (Å²) in [7, 11) is 1.63. The molecule has 4 rings (SSSR count). The second-order valence-electron chi connectivity index (χ2n) is 6.69. The van der Waals surface area contributed by atoms with Gasteiger partial charge in [0.05, 0.1) is 25.3 Å². The van der Waals surface area contributed by atoms with Crippen molar-refractivity contribution in [3.63, 3.8) is 0 Å². The Bertz CT molecular complexity index is 842. The molecule has 1 saturated heterocycles. The number of allylic oxidation sites excluding steroid dienone is 1. The van der Waals surface area contributed by atoms with Gasteiger partial charge in [-0.3, -0.25) is 5.32 Å². The average Bonchev–Trinajstić information content (AvgIpc) is 2.66. The molecule has 0 saturated carbocycles. The summed E-state index contributed by atoms with van der Waals surface area (Å²) < 4.78 is 25.6. The Balaban J connectivity index is 1.74. The molecule has 1 aromatic carbocycles. The highest BCUT2D eigenvalue weighted by Crippen LogP contribution is 2.43. The number of ether oxygens (including phenoxy) is 2. The van der Waals surface area contributed by atoms with Crippen molar-refractivity contribution in [3.05, 3.63) is 70.5 Å². The predicted octanol–water partition coefficient (Wildman–Crippen LogP) is 3.32. The number of hydrogen-bond donors (Lipinski definition) is 2. The van der Waals surface area contributed by atoms with Gasteiger partial charge in [-0.2, -0.15) is 0 Å². The lowest BCUT2D eigenvalue weighted by Crippen LogP contribution is -2.45. The topological polar surface area (TPSA) is 67.8 Å². The Morgan fingerprint density at radius 2 is 2.27 bits per heavy atom. The zero-order valence-corrected chi connectivity index (χ0v) is 14.4. The van der Waals surface area contributed by atoms with E-state index in [1.165, 1.54) is 12.1 Å². The first-order valence-electron chi connectivity index (χ1n) is 8.68. The Kier molecular flexibility index (Phi) is 4.28. The predicted molar refractivity (Wildman–Crippen MR) is 93.0 cm³/mol. The van der Waals surface area contributed by atoms with Crippen LogP contribution >= 0.6 is 0 Å². The van der Waals surface area contributed by atoms with Crippen LogP contribution in [0.5, 0.6) is 0 Å². The van der Waals surface area contributed by atoms with Crippen LogP contribution in [0.25, 0.3) is 0 Å². The highest BCUT2D eigenvalue weighted by molar-refractivity contribution is 5.87. The number of fused-ring (bicyclic) bond motifs is 2. The maximum Gasteiger partial charge on any atom is 0.338 e. The number of halogens is 1. The van der Waals surface area contributed by atoms with E-state index in [0.29, 0.717) is 6.61 Å². The van der Waals surface area contributed by atoms with Gasteiger partial charge in [0.25, 0.3) is 0 Å². The van der Waals surface area contributed by atoms with E-state index >= 15 is 0 Å². The number of hydrogen-bond acceptors (Lipinski definition) is 4. The smallest absolute Gasteiger partial charge is 0.338 e. The summed E-state index contributed by atoms with van der Waals surface area (Å²) in [6, 6.07) is 4.15. The maximum atomic E-state index is 14.2. The zero-order chi connectivity index (χ0) is 18.3. The van der Waals surface area contributed by atoms with Crippen molar-refractivity contribution in [2.24, 2.45) is 5.92 Å². The van der Waals surface area contributed by atoms with Crippen LogP contribution < -0.4 is 5.32 Å². The Morgan fingerprint density at radius 3 is 3.00 bits per heavy atom. The molecule has 26 heavy (non-hydrogen) atoms. The minimum Gasteiger partial charge on any atom is -0.497 e. The SMILES string of the molecule is COC1=CC2=C3OCCC[C@@H]3[C@@H](c3ccc(C(=O)O)c(F)c3)NC2C=C1. The lowest BCUT2D eigenvalue weighted by atomic mass is 9.78. The van der Waals surface area contributed by atoms with E-state index in [2.05, 4.69) is 5.32 Å². The number of carboxylic acid groups (broad SMARTS) is 1. The molecule has 2 aliphatic heterocycles. The normalized spacial score (nSPS) is 27.2. The summed E-state index contributed by atoms with van der Waals surface area (Å²) in [4.78, 5) is 11.1. The molecule has 3 aliphatic rings. The van der Waals surface area contributed by atoms with Gasteiger partial charge >= 0.3 is 5.97 Å². The standard InChI is InChI=1S/C20H20FNO4/c1-25-12-5-7-17-15(10-12)19-14(3-2-8-26-19)18(22-17)11-4-6-13(20(23)24)16(21)9-11/h4-7,9-10,14,17-18,22H,2-3,8H2,1H3,(H,23,24)/t14-,17?,18-/m1/s1. The molecule has 6 heteroatoms. The minimum atomic E-state index is -1.26. The van der Waals surface area contributed by atoms with Crippen molar-refractivity contribution in [1.29, 1.82) is 0 Å². The van der Waals surface area contributed by atoms with Crippen LogP contribution in [0, 0.1) is 11.7 Å². The highest BCUT2D eigenvalue weighted by Gasteiger charge is 2.39. The number of carbonyl (C=O) groups is 1. The minimum absolute atomic E-state index is 0.0505. The molecule has 136 valence electrons. The molecule has 0 aromatic heterocycles.